The van der Waals surface area contributed by atoms with Crippen LogP contribution in [0, 0.1) is 20.2 Å². The van der Waals surface area contributed by atoms with Crippen LogP contribution in [0.15, 0.2) is 70.0 Å². The Labute approximate surface area is 236 Å². The predicted octanol–water partition coefficient (Wildman–Crippen LogP) is 5.43. The van der Waals surface area contributed by atoms with Crippen LogP contribution in [0.25, 0.3) is 10.2 Å². The number of non-ortho nitro benzene ring substituents is 1. The van der Waals surface area contributed by atoms with E-state index in [1.165, 1.54) is 53.4 Å². The van der Waals surface area contributed by atoms with Gasteiger partial charge in [0.2, 0.25) is 5.91 Å². The number of aliphatic imine (C=N–C) groups is 1. The molecule has 1 saturated heterocycles. The zero-order chi connectivity index (χ0) is 28.1. The second-order valence-electron chi connectivity index (χ2n) is 8.64. The van der Waals surface area contributed by atoms with Crippen LogP contribution in [0.5, 0.6) is 0 Å². The highest BCUT2D eigenvalue weighted by Gasteiger charge is 2.21. The number of nitrogens with one attached hydrogen (secondary N) is 1. The predicted molar refractivity (Wildman–Crippen MR) is 155 cm³/mol. The maximum absolute atomic E-state index is 12.3. The number of hydrogen-bond donors (Lipinski definition) is 1. The quantitative estimate of drug-likeness (QED) is 0.118. The Morgan fingerprint density at radius 3 is 2.58 bits per heavy atom. The number of rotatable bonds is 9. The number of thioether (sulfide) groups is 1. The summed E-state index contributed by atoms with van der Waals surface area (Å²) >= 11 is 2.72. The van der Waals surface area contributed by atoms with Crippen LogP contribution in [-0.2, 0) is 9.53 Å². The van der Waals surface area contributed by atoms with Crippen molar-refractivity contribution in [1.29, 1.82) is 0 Å². The van der Waals surface area contributed by atoms with Crippen molar-refractivity contribution < 1.29 is 19.4 Å². The van der Waals surface area contributed by atoms with E-state index in [1.54, 1.807) is 12.3 Å². The Balaban J connectivity index is 1.22. The smallest absolute Gasteiger partial charge is 0.293 e. The first-order chi connectivity index (χ1) is 19.4. The van der Waals surface area contributed by atoms with Crippen LogP contribution in [0.3, 0.4) is 0 Å². The zero-order valence-corrected chi connectivity index (χ0v) is 22.5. The fourth-order valence-electron chi connectivity index (χ4n) is 4.01. The van der Waals surface area contributed by atoms with E-state index >= 15 is 0 Å². The Hall–Kier alpha value is -4.40. The lowest BCUT2D eigenvalue weighted by Gasteiger charge is -2.28. The number of ether oxygens (including phenoxy) is 1. The van der Waals surface area contributed by atoms with Crippen molar-refractivity contribution in [2.45, 2.75) is 4.34 Å². The van der Waals surface area contributed by atoms with Gasteiger partial charge in [-0.1, -0.05) is 17.8 Å². The number of amides is 1. The largest absolute Gasteiger partial charge is 0.378 e. The highest BCUT2D eigenvalue weighted by Crippen LogP contribution is 2.33. The molecule has 0 aliphatic carbocycles. The minimum absolute atomic E-state index is 0.0306. The van der Waals surface area contributed by atoms with Crippen LogP contribution in [0.1, 0.15) is 5.56 Å². The molecule has 204 valence electrons. The Morgan fingerprint density at radius 2 is 1.85 bits per heavy atom. The van der Waals surface area contributed by atoms with Gasteiger partial charge in [-0.15, -0.1) is 11.3 Å². The van der Waals surface area contributed by atoms with Gasteiger partial charge in [0.15, 0.2) is 4.34 Å². The second-order valence-corrected chi connectivity index (χ2v) is 10.9. The van der Waals surface area contributed by atoms with Crippen LogP contribution >= 0.6 is 23.1 Å². The summed E-state index contributed by atoms with van der Waals surface area (Å²) in [5.41, 5.74) is 3.09. The van der Waals surface area contributed by atoms with E-state index in [2.05, 4.69) is 15.3 Å². The van der Waals surface area contributed by atoms with Crippen LogP contribution in [-0.4, -0.2) is 59.0 Å². The van der Waals surface area contributed by atoms with Crippen molar-refractivity contribution in [1.82, 2.24) is 4.98 Å². The number of carbonyl (C=O) groups is 1. The zero-order valence-electron chi connectivity index (χ0n) is 20.9. The lowest BCUT2D eigenvalue weighted by molar-refractivity contribution is -0.384. The molecule has 3 aromatic carbocycles. The molecular formula is C26H22N6O6S2. The molecule has 1 aromatic heterocycles. The number of thiazole rings is 1. The van der Waals surface area contributed by atoms with E-state index in [4.69, 9.17) is 4.74 Å². The molecule has 5 rings (SSSR count). The highest BCUT2D eigenvalue weighted by molar-refractivity contribution is 8.01. The number of fused-ring (bicyclic) bond motifs is 1. The molecule has 0 spiro atoms. The molecule has 4 aromatic rings. The Morgan fingerprint density at radius 1 is 1.07 bits per heavy atom. The number of hydrogen-bond acceptors (Lipinski definition) is 11. The monoisotopic (exact) mass is 578 g/mol. The third-order valence-electron chi connectivity index (χ3n) is 5.95. The number of nitrogens with zero attached hydrogens (tertiary/aromatic N) is 5. The molecule has 40 heavy (non-hydrogen) atoms. The summed E-state index contributed by atoms with van der Waals surface area (Å²) in [5, 5.41) is 25.2. The van der Waals surface area contributed by atoms with E-state index in [0.29, 0.717) is 53.3 Å². The maximum atomic E-state index is 12.3. The highest BCUT2D eigenvalue weighted by atomic mass is 32.2. The summed E-state index contributed by atoms with van der Waals surface area (Å²) in [6, 6.07) is 16.2. The molecule has 14 heteroatoms. The van der Waals surface area contributed by atoms with Gasteiger partial charge in [0, 0.05) is 43.2 Å². The summed E-state index contributed by atoms with van der Waals surface area (Å²) in [6.45, 7) is 2.29. The summed E-state index contributed by atoms with van der Waals surface area (Å²) in [4.78, 5) is 44.9. The summed E-state index contributed by atoms with van der Waals surface area (Å²) < 4.78 is 6.95. The molecule has 1 aliphatic heterocycles. The van der Waals surface area contributed by atoms with Crippen molar-refractivity contribution in [2.75, 3.05) is 42.3 Å². The fraction of sp³-hybridized carbons (Fsp3) is 0.192. The van der Waals surface area contributed by atoms with Gasteiger partial charge in [0.05, 0.1) is 44.7 Å². The molecule has 0 radical (unpaired) electrons. The number of morpholine rings is 1. The molecule has 2 heterocycles. The SMILES string of the molecule is O=C(CSc1nc2ccc(N=Cc3ccc(N4CCOCC4)c([N+](=O)[O-])c3)cc2s1)Nc1ccc([N+](=O)[O-])cc1. The van der Waals surface area contributed by atoms with E-state index < -0.39 is 4.92 Å². The standard InChI is InChI=1S/C26H22N6O6S2/c33-25(28-18-2-5-20(6-3-18)31(34)35)16-39-26-29-21-7-4-19(14-24(21)40-26)27-15-17-1-8-22(23(13-17)32(36)37)30-9-11-38-12-10-30/h1-8,13-15H,9-12,16H2,(H,28,33). The van der Waals surface area contributed by atoms with Gasteiger partial charge in [0.25, 0.3) is 11.4 Å². The molecule has 0 saturated carbocycles. The molecule has 1 aliphatic rings. The summed E-state index contributed by atoms with van der Waals surface area (Å²) in [7, 11) is 0. The van der Waals surface area contributed by atoms with E-state index in [0.717, 1.165) is 10.2 Å². The first-order valence-electron chi connectivity index (χ1n) is 12.1. The van der Waals surface area contributed by atoms with Crippen molar-refractivity contribution in [3.8, 4) is 0 Å². The summed E-state index contributed by atoms with van der Waals surface area (Å²) in [5.74, 6) is -0.127. The second kappa shape index (κ2) is 12.2. The number of nitro groups is 2. The number of anilines is 2. The van der Waals surface area contributed by atoms with E-state index in [-0.39, 0.29) is 28.0 Å². The van der Waals surface area contributed by atoms with Crippen molar-refractivity contribution >= 4 is 73.9 Å². The first-order valence-corrected chi connectivity index (χ1v) is 13.9. The Bertz CT molecular complexity index is 1600. The van der Waals surface area contributed by atoms with Gasteiger partial charge < -0.3 is 15.0 Å². The van der Waals surface area contributed by atoms with Gasteiger partial charge in [-0.3, -0.25) is 30.0 Å². The van der Waals surface area contributed by atoms with Crippen molar-refractivity contribution in [3.05, 3.63) is 86.5 Å². The lowest BCUT2D eigenvalue weighted by atomic mass is 10.1. The maximum Gasteiger partial charge on any atom is 0.293 e. The third-order valence-corrected chi connectivity index (χ3v) is 8.11. The van der Waals surface area contributed by atoms with Crippen LogP contribution < -0.4 is 10.2 Å². The average molecular weight is 579 g/mol. The molecule has 1 amide bonds. The van der Waals surface area contributed by atoms with E-state index in [1.807, 2.05) is 29.2 Å². The lowest BCUT2D eigenvalue weighted by Crippen LogP contribution is -2.36. The number of aromatic nitrogens is 1. The molecule has 0 unspecified atom stereocenters. The van der Waals surface area contributed by atoms with Gasteiger partial charge in [-0.25, -0.2) is 4.98 Å². The van der Waals surface area contributed by atoms with Crippen LogP contribution in [0.4, 0.5) is 28.4 Å². The third kappa shape index (κ3) is 6.59. The first kappa shape index (κ1) is 27.2. The fourth-order valence-corrected chi connectivity index (χ4v) is 5.91. The number of benzene rings is 3. The van der Waals surface area contributed by atoms with Crippen molar-refractivity contribution in [3.63, 3.8) is 0 Å². The molecule has 0 atom stereocenters. The number of carbonyl (C=O) groups excluding carboxylic acids is 1. The summed E-state index contributed by atoms with van der Waals surface area (Å²) in [6.07, 6.45) is 1.59. The van der Waals surface area contributed by atoms with Gasteiger partial charge >= 0.3 is 0 Å². The van der Waals surface area contributed by atoms with Crippen LogP contribution in [0.2, 0.25) is 0 Å². The molecule has 12 nitrogen and oxygen atoms in total. The Kier molecular flexibility index (Phi) is 8.28. The normalized spacial score (nSPS) is 13.6. The molecular weight excluding hydrogens is 556 g/mol. The molecule has 1 N–H and O–H groups in total. The minimum atomic E-state index is -0.499. The van der Waals surface area contributed by atoms with Crippen molar-refractivity contribution in [2.24, 2.45) is 4.99 Å². The van der Waals surface area contributed by atoms with Gasteiger partial charge in [-0.05, 0) is 42.0 Å². The topological polar surface area (TPSA) is 153 Å². The van der Waals surface area contributed by atoms with Gasteiger partial charge in [0.1, 0.15) is 5.69 Å². The van der Waals surface area contributed by atoms with E-state index in [9.17, 15) is 25.0 Å². The minimum Gasteiger partial charge on any atom is -0.378 e. The average Bonchev–Trinajstić information content (AvgIpc) is 3.38. The molecule has 0 bridgehead atoms. The number of nitro benzene ring substituents is 2. The molecule has 1 fully saturated rings. The van der Waals surface area contributed by atoms with Gasteiger partial charge in [-0.2, -0.15) is 0 Å².